The highest BCUT2D eigenvalue weighted by molar-refractivity contribution is 5.93. The van der Waals surface area contributed by atoms with Crippen LogP contribution in [0, 0.1) is 5.41 Å². The average Bonchev–Trinajstić information content (AvgIpc) is 3.33. The van der Waals surface area contributed by atoms with Crippen LogP contribution in [0.1, 0.15) is 55.4 Å². The number of hydrogen-bond acceptors (Lipinski definition) is 5. The van der Waals surface area contributed by atoms with Gasteiger partial charge in [-0.3, -0.25) is 4.79 Å². The van der Waals surface area contributed by atoms with Crippen molar-refractivity contribution < 1.29 is 29.0 Å². The van der Waals surface area contributed by atoms with E-state index in [1.807, 2.05) is 72.8 Å². The Morgan fingerprint density at radius 2 is 1.69 bits per heavy atom. The van der Waals surface area contributed by atoms with Crippen LogP contribution in [-0.4, -0.2) is 59.3 Å². The number of rotatable bonds is 11. The Kier molecular flexibility index (Phi) is 9.88. The molecule has 222 valence electrons. The molecule has 1 aliphatic heterocycles. The molecule has 1 heterocycles. The first-order valence-corrected chi connectivity index (χ1v) is 14.3. The molecule has 4 rings (SSSR count). The highest BCUT2D eigenvalue weighted by Gasteiger charge is 2.37. The molecule has 1 saturated heterocycles. The van der Waals surface area contributed by atoms with Crippen LogP contribution in [0.2, 0.25) is 0 Å². The van der Waals surface area contributed by atoms with E-state index >= 15 is 0 Å². The van der Waals surface area contributed by atoms with Gasteiger partial charge in [-0.1, -0.05) is 87.5 Å². The zero-order chi connectivity index (χ0) is 30.3. The first kappa shape index (κ1) is 30.6. The van der Waals surface area contributed by atoms with Gasteiger partial charge in [-0.2, -0.15) is 0 Å². The highest BCUT2D eigenvalue weighted by atomic mass is 16.6. The van der Waals surface area contributed by atoms with E-state index < -0.39 is 12.2 Å². The SMILES string of the molecule is COc1ccc(CCC(=O)N2C(=O)OCC2Cc2ccccc2)c(CN(C[C@@H](c2ccccc2)C(C)(C)C)C(=O)O)c1. The molecule has 3 aromatic carbocycles. The number of carbonyl (C=O) groups excluding carboxylic acids is 2. The number of hydrogen-bond donors (Lipinski definition) is 1. The van der Waals surface area contributed by atoms with Gasteiger partial charge in [0.15, 0.2) is 0 Å². The first-order chi connectivity index (χ1) is 20.1. The number of aryl methyl sites for hydroxylation is 1. The van der Waals surface area contributed by atoms with Gasteiger partial charge in [0, 0.05) is 25.4 Å². The molecule has 0 saturated carbocycles. The first-order valence-electron chi connectivity index (χ1n) is 14.3. The third-order valence-corrected chi connectivity index (χ3v) is 7.85. The average molecular weight is 573 g/mol. The second-order valence-electron chi connectivity index (χ2n) is 11.8. The van der Waals surface area contributed by atoms with Gasteiger partial charge < -0.3 is 19.5 Å². The fraction of sp³-hybridized carbons (Fsp3) is 0.382. The van der Waals surface area contributed by atoms with Crippen molar-refractivity contribution in [2.45, 2.75) is 58.5 Å². The zero-order valence-electron chi connectivity index (χ0n) is 24.8. The summed E-state index contributed by atoms with van der Waals surface area (Å²) in [6.45, 7) is 6.94. The molecule has 1 fully saturated rings. The standard InChI is InChI=1S/C34H40N2O6/c1-34(2,3)30(26-13-9-6-10-14-26)22-35(32(38)39)21-27-20-29(41-4)17-15-25(27)16-18-31(37)36-28(23-42-33(36)40)19-24-11-7-5-8-12-24/h5-15,17,20,28,30H,16,18-19,21-23H2,1-4H3,(H,38,39)/t28?,30-/m0/s1. The largest absolute Gasteiger partial charge is 0.497 e. The molecular weight excluding hydrogens is 532 g/mol. The number of nitrogens with zero attached hydrogens (tertiary/aromatic N) is 2. The van der Waals surface area contributed by atoms with Gasteiger partial charge in [-0.15, -0.1) is 0 Å². The number of amides is 3. The third-order valence-electron chi connectivity index (χ3n) is 7.85. The van der Waals surface area contributed by atoms with Gasteiger partial charge in [0.1, 0.15) is 12.4 Å². The molecule has 1 N–H and O–H groups in total. The molecule has 0 spiro atoms. The summed E-state index contributed by atoms with van der Waals surface area (Å²) >= 11 is 0. The Balaban J connectivity index is 1.51. The quantitative estimate of drug-likeness (QED) is 0.281. The van der Waals surface area contributed by atoms with Crippen LogP contribution in [0.25, 0.3) is 0 Å². The molecule has 0 bridgehead atoms. The Labute approximate surface area is 247 Å². The summed E-state index contributed by atoms with van der Waals surface area (Å²) in [5.41, 5.74) is 3.51. The van der Waals surface area contributed by atoms with Crippen LogP contribution < -0.4 is 4.74 Å². The van der Waals surface area contributed by atoms with Crippen molar-refractivity contribution in [3.63, 3.8) is 0 Å². The summed E-state index contributed by atoms with van der Waals surface area (Å²) in [6.07, 6.45) is -0.692. The zero-order valence-corrected chi connectivity index (χ0v) is 24.8. The lowest BCUT2D eigenvalue weighted by Gasteiger charge is -2.35. The van der Waals surface area contributed by atoms with Gasteiger partial charge in [0.05, 0.1) is 13.2 Å². The van der Waals surface area contributed by atoms with Crippen molar-refractivity contribution in [1.29, 1.82) is 0 Å². The number of carboxylic acid groups (broad SMARTS) is 1. The fourth-order valence-electron chi connectivity index (χ4n) is 5.49. The molecule has 0 radical (unpaired) electrons. The summed E-state index contributed by atoms with van der Waals surface area (Å²) in [5, 5.41) is 10.2. The monoisotopic (exact) mass is 572 g/mol. The molecule has 1 aliphatic rings. The maximum atomic E-state index is 13.3. The van der Waals surface area contributed by atoms with E-state index in [4.69, 9.17) is 9.47 Å². The van der Waals surface area contributed by atoms with Crippen molar-refractivity contribution in [2.24, 2.45) is 5.41 Å². The van der Waals surface area contributed by atoms with Gasteiger partial charge in [0.2, 0.25) is 5.91 Å². The topological polar surface area (TPSA) is 96.4 Å². The molecule has 42 heavy (non-hydrogen) atoms. The van der Waals surface area contributed by atoms with Crippen molar-refractivity contribution in [2.75, 3.05) is 20.3 Å². The molecular formula is C34H40N2O6. The van der Waals surface area contributed by atoms with Crippen LogP contribution >= 0.6 is 0 Å². The Hall–Kier alpha value is -4.33. The molecule has 8 nitrogen and oxygen atoms in total. The minimum Gasteiger partial charge on any atom is -0.497 e. The number of cyclic esters (lactones) is 1. The van der Waals surface area contributed by atoms with Crippen molar-refractivity contribution >= 4 is 18.1 Å². The predicted octanol–water partition coefficient (Wildman–Crippen LogP) is 6.53. The van der Waals surface area contributed by atoms with E-state index in [0.29, 0.717) is 25.1 Å². The number of imide groups is 1. The number of carbonyl (C=O) groups is 3. The van der Waals surface area contributed by atoms with Crippen LogP contribution in [-0.2, 0) is 28.9 Å². The van der Waals surface area contributed by atoms with Crippen LogP contribution in [0.15, 0.2) is 78.9 Å². The molecule has 0 aliphatic carbocycles. The lowest BCUT2D eigenvalue weighted by molar-refractivity contribution is -0.129. The van der Waals surface area contributed by atoms with E-state index in [1.54, 1.807) is 13.2 Å². The Bertz CT molecular complexity index is 1370. The molecule has 1 unspecified atom stereocenters. The van der Waals surface area contributed by atoms with Crippen molar-refractivity contribution in [1.82, 2.24) is 9.80 Å². The second-order valence-corrected chi connectivity index (χ2v) is 11.8. The molecule has 2 atom stereocenters. The summed E-state index contributed by atoms with van der Waals surface area (Å²) in [7, 11) is 1.56. The smallest absolute Gasteiger partial charge is 0.416 e. The normalized spacial score (nSPS) is 15.7. The summed E-state index contributed by atoms with van der Waals surface area (Å²) in [4.78, 5) is 41.0. The van der Waals surface area contributed by atoms with Crippen LogP contribution in [0.4, 0.5) is 9.59 Å². The van der Waals surface area contributed by atoms with Gasteiger partial charge in [-0.05, 0) is 52.6 Å². The Morgan fingerprint density at radius 1 is 1.02 bits per heavy atom. The molecule has 3 amide bonds. The van der Waals surface area contributed by atoms with Crippen molar-refractivity contribution in [3.05, 3.63) is 101 Å². The summed E-state index contributed by atoms with van der Waals surface area (Å²) < 4.78 is 10.7. The van der Waals surface area contributed by atoms with Crippen LogP contribution in [0.3, 0.4) is 0 Å². The Morgan fingerprint density at radius 3 is 2.31 bits per heavy atom. The molecule has 0 aromatic heterocycles. The van der Waals surface area contributed by atoms with Gasteiger partial charge >= 0.3 is 12.2 Å². The lowest BCUT2D eigenvalue weighted by Crippen LogP contribution is -2.40. The van der Waals surface area contributed by atoms with E-state index in [1.165, 1.54) is 9.80 Å². The lowest BCUT2D eigenvalue weighted by atomic mass is 9.76. The maximum absolute atomic E-state index is 13.3. The number of methoxy groups -OCH3 is 1. The van der Waals surface area contributed by atoms with Crippen LogP contribution in [0.5, 0.6) is 5.75 Å². The predicted molar refractivity (Wildman–Crippen MR) is 161 cm³/mol. The van der Waals surface area contributed by atoms with E-state index in [2.05, 4.69) is 20.8 Å². The van der Waals surface area contributed by atoms with E-state index in [-0.39, 0.29) is 42.9 Å². The van der Waals surface area contributed by atoms with Gasteiger partial charge in [-0.25, -0.2) is 14.5 Å². The van der Waals surface area contributed by atoms with Crippen molar-refractivity contribution in [3.8, 4) is 5.75 Å². The number of benzene rings is 3. The minimum atomic E-state index is -1.02. The second kappa shape index (κ2) is 13.6. The van der Waals surface area contributed by atoms with E-state index in [0.717, 1.165) is 22.3 Å². The summed E-state index contributed by atoms with van der Waals surface area (Å²) in [6, 6.07) is 24.8. The summed E-state index contributed by atoms with van der Waals surface area (Å²) in [5.74, 6) is 0.257. The van der Waals surface area contributed by atoms with Gasteiger partial charge in [0.25, 0.3) is 0 Å². The fourth-order valence-corrected chi connectivity index (χ4v) is 5.49. The molecule has 3 aromatic rings. The third kappa shape index (κ3) is 7.69. The van der Waals surface area contributed by atoms with E-state index in [9.17, 15) is 19.5 Å². The molecule has 8 heteroatoms. The highest BCUT2D eigenvalue weighted by Crippen LogP contribution is 2.36. The number of ether oxygens (including phenoxy) is 2. The maximum Gasteiger partial charge on any atom is 0.416 e. The minimum absolute atomic E-state index is 0.0341.